The standard InChI is InChI=1S/C23H20F5N3O4/c24-12-3-11(4-15(6-12)35-23(27)28)5-20(33)29-13-9-31(10-13)14-7-17(25)21(18(26)8-14)16-1-2-19(32)30-22(16)34/h3-4,6-8,13,16,23H,1-2,5,9-10H2,(H,29,33)(H,30,32,34). The van der Waals surface area contributed by atoms with Crippen LogP contribution in [0.1, 0.15) is 29.9 Å². The normalized spacial score (nSPS) is 18.3. The average Bonchev–Trinajstić information content (AvgIpc) is 2.70. The second-order valence-corrected chi connectivity index (χ2v) is 8.35. The van der Waals surface area contributed by atoms with Gasteiger partial charge < -0.3 is 15.0 Å². The molecule has 7 nitrogen and oxygen atoms in total. The summed E-state index contributed by atoms with van der Waals surface area (Å²) in [6, 6.07) is 4.78. The fourth-order valence-corrected chi connectivity index (χ4v) is 4.19. The zero-order chi connectivity index (χ0) is 25.3. The first-order chi connectivity index (χ1) is 16.6. The van der Waals surface area contributed by atoms with Gasteiger partial charge in [-0.05, 0) is 36.2 Å². The number of hydrogen-bond acceptors (Lipinski definition) is 5. The van der Waals surface area contributed by atoms with Gasteiger partial charge >= 0.3 is 6.61 Å². The van der Waals surface area contributed by atoms with Gasteiger partial charge in [0.25, 0.3) is 0 Å². The first-order valence-corrected chi connectivity index (χ1v) is 10.7. The number of halogens is 5. The molecule has 3 amide bonds. The molecule has 0 aliphatic carbocycles. The number of rotatable bonds is 7. The Morgan fingerprint density at radius 3 is 2.40 bits per heavy atom. The molecule has 0 spiro atoms. The van der Waals surface area contributed by atoms with Gasteiger partial charge in [0.05, 0.1) is 18.4 Å². The number of hydrogen-bond donors (Lipinski definition) is 2. The lowest BCUT2D eigenvalue weighted by molar-refractivity contribution is -0.134. The van der Waals surface area contributed by atoms with E-state index < -0.39 is 59.0 Å². The van der Waals surface area contributed by atoms with Crippen molar-refractivity contribution in [3.63, 3.8) is 0 Å². The number of imide groups is 1. The molecule has 2 aromatic carbocycles. The summed E-state index contributed by atoms with van der Waals surface area (Å²) in [6.07, 6.45) is -0.283. The molecule has 4 rings (SSSR count). The highest BCUT2D eigenvalue weighted by Gasteiger charge is 2.34. The summed E-state index contributed by atoms with van der Waals surface area (Å²) in [4.78, 5) is 37.1. The van der Waals surface area contributed by atoms with Crippen LogP contribution in [0.5, 0.6) is 5.75 Å². The van der Waals surface area contributed by atoms with E-state index in [1.807, 2.05) is 0 Å². The van der Waals surface area contributed by atoms with E-state index in [1.54, 1.807) is 4.90 Å². The highest BCUT2D eigenvalue weighted by molar-refractivity contribution is 6.01. The van der Waals surface area contributed by atoms with Gasteiger partial charge in [-0.15, -0.1) is 0 Å². The third-order valence-electron chi connectivity index (χ3n) is 5.78. The monoisotopic (exact) mass is 497 g/mol. The quantitative estimate of drug-likeness (QED) is 0.454. The van der Waals surface area contributed by atoms with Crippen molar-refractivity contribution < 1.29 is 41.1 Å². The van der Waals surface area contributed by atoms with E-state index in [2.05, 4.69) is 15.4 Å². The summed E-state index contributed by atoms with van der Waals surface area (Å²) in [5.74, 6) is -5.87. The topological polar surface area (TPSA) is 87.7 Å². The SMILES string of the molecule is O=C1CCC(c2c(F)cc(N3CC(NC(=O)Cc4cc(F)cc(OC(F)F)c4)C3)cc2F)C(=O)N1. The second kappa shape index (κ2) is 9.88. The number of nitrogens with one attached hydrogen (secondary N) is 2. The van der Waals surface area contributed by atoms with Gasteiger partial charge in [0, 0.05) is 36.8 Å². The maximum Gasteiger partial charge on any atom is 0.387 e. The number of carbonyl (C=O) groups is 3. The smallest absolute Gasteiger partial charge is 0.387 e. The Labute approximate surface area is 196 Å². The molecule has 2 fully saturated rings. The van der Waals surface area contributed by atoms with Gasteiger partial charge in [-0.3, -0.25) is 19.7 Å². The number of ether oxygens (including phenoxy) is 1. The highest BCUT2D eigenvalue weighted by atomic mass is 19.3. The van der Waals surface area contributed by atoms with Crippen LogP contribution in [0, 0.1) is 17.5 Å². The van der Waals surface area contributed by atoms with E-state index in [0.717, 1.165) is 30.3 Å². The van der Waals surface area contributed by atoms with Gasteiger partial charge in [0.15, 0.2) is 0 Å². The fraction of sp³-hybridized carbons (Fsp3) is 0.348. The van der Waals surface area contributed by atoms with Crippen molar-refractivity contribution in [2.24, 2.45) is 0 Å². The number of carbonyl (C=O) groups excluding carboxylic acids is 3. The van der Waals surface area contributed by atoms with Crippen molar-refractivity contribution in [2.45, 2.75) is 37.8 Å². The van der Waals surface area contributed by atoms with Crippen LogP contribution in [0.4, 0.5) is 27.6 Å². The van der Waals surface area contributed by atoms with Crippen LogP contribution in [0.15, 0.2) is 30.3 Å². The van der Waals surface area contributed by atoms with E-state index >= 15 is 0 Å². The minimum Gasteiger partial charge on any atom is -0.435 e. The molecule has 186 valence electrons. The van der Waals surface area contributed by atoms with Gasteiger partial charge in [-0.25, -0.2) is 13.2 Å². The number of nitrogens with zero attached hydrogens (tertiary/aromatic N) is 1. The summed E-state index contributed by atoms with van der Waals surface area (Å²) in [5.41, 5.74) is -0.0302. The molecular formula is C23H20F5N3O4. The lowest BCUT2D eigenvalue weighted by Gasteiger charge is -2.41. The molecule has 2 heterocycles. The molecule has 2 N–H and O–H groups in total. The minimum absolute atomic E-state index is 0.0107. The number of piperidine rings is 1. The Bertz CT molecular complexity index is 1150. The first-order valence-electron chi connectivity index (χ1n) is 10.7. The molecule has 0 radical (unpaired) electrons. The lowest BCUT2D eigenvalue weighted by atomic mass is 9.89. The Morgan fingerprint density at radius 2 is 1.77 bits per heavy atom. The number of anilines is 1. The van der Waals surface area contributed by atoms with E-state index in [9.17, 15) is 36.3 Å². The second-order valence-electron chi connectivity index (χ2n) is 8.35. The molecule has 1 unspecified atom stereocenters. The predicted molar refractivity (Wildman–Crippen MR) is 112 cm³/mol. The van der Waals surface area contributed by atoms with Gasteiger partial charge in [-0.2, -0.15) is 8.78 Å². The van der Waals surface area contributed by atoms with Crippen molar-refractivity contribution >= 4 is 23.4 Å². The first kappa shape index (κ1) is 24.4. The van der Waals surface area contributed by atoms with Crippen LogP contribution in [-0.4, -0.2) is 43.5 Å². The molecule has 0 bridgehead atoms. The van der Waals surface area contributed by atoms with Crippen LogP contribution < -0.4 is 20.3 Å². The molecule has 0 saturated carbocycles. The Kier molecular flexibility index (Phi) is 6.90. The maximum atomic E-state index is 14.7. The average molecular weight is 497 g/mol. The summed E-state index contributed by atoms with van der Waals surface area (Å²) in [5, 5.41) is 4.76. The lowest BCUT2D eigenvalue weighted by Crippen LogP contribution is -2.59. The zero-order valence-corrected chi connectivity index (χ0v) is 18.1. The molecule has 2 saturated heterocycles. The maximum absolute atomic E-state index is 14.7. The van der Waals surface area contributed by atoms with Gasteiger partial charge in [0.2, 0.25) is 17.7 Å². The zero-order valence-electron chi connectivity index (χ0n) is 18.1. The molecule has 12 heteroatoms. The van der Waals surface area contributed by atoms with Crippen molar-refractivity contribution in [3.8, 4) is 5.75 Å². The summed E-state index contributed by atoms with van der Waals surface area (Å²) >= 11 is 0. The molecule has 2 aromatic rings. The van der Waals surface area contributed by atoms with E-state index in [1.165, 1.54) is 0 Å². The van der Waals surface area contributed by atoms with Gasteiger partial charge in [-0.1, -0.05) is 0 Å². The largest absolute Gasteiger partial charge is 0.435 e. The molecule has 2 aliphatic heterocycles. The third kappa shape index (κ3) is 5.69. The Hall–Kier alpha value is -3.70. The third-order valence-corrected chi connectivity index (χ3v) is 5.78. The van der Waals surface area contributed by atoms with Crippen LogP contribution in [0.2, 0.25) is 0 Å². The van der Waals surface area contributed by atoms with Crippen LogP contribution in [0.25, 0.3) is 0 Å². The summed E-state index contributed by atoms with van der Waals surface area (Å²) < 4.78 is 71.8. The van der Waals surface area contributed by atoms with Crippen LogP contribution >= 0.6 is 0 Å². The minimum atomic E-state index is -3.13. The van der Waals surface area contributed by atoms with Crippen molar-refractivity contribution in [3.05, 3.63) is 58.9 Å². The van der Waals surface area contributed by atoms with Gasteiger partial charge in [0.1, 0.15) is 23.2 Å². The summed E-state index contributed by atoms with van der Waals surface area (Å²) in [6.45, 7) is -2.65. The molecule has 0 aromatic heterocycles. The molecule has 1 atom stereocenters. The van der Waals surface area contributed by atoms with Crippen molar-refractivity contribution in [1.29, 1.82) is 0 Å². The van der Waals surface area contributed by atoms with Crippen molar-refractivity contribution in [2.75, 3.05) is 18.0 Å². The summed E-state index contributed by atoms with van der Waals surface area (Å²) in [7, 11) is 0. The predicted octanol–water partition coefficient (Wildman–Crippen LogP) is 2.77. The molecule has 2 aliphatic rings. The Balaban J connectivity index is 1.34. The molecular weight excluding hydrogens is 477 g/mol. The van der Waals surface area contributed by atoms with E-state index in [-0.39, 0.29) is 49.6 Å². The molecule has 35 heavy (non-hydrogen) atoms. The van der Waals surface area contributed by atoms with E-state index in [4.69, 9.17) is 0 Å². The van der Waals surface area contributed by atoms with E-state index in [0.29, 0.717) is 0 Å². The number of alkyl halides is 2. The van der Waals surface area contributed by atoms with Crippen molar-refractivity contribution in [1.82, 2.24) is 10.6 Å². The number of amides is 3. The van der Waals surface area contributed by atoms with Crippen LogP contribution in [0.3, 0.4) is 0 Å². The highest BCUT2D eigenvalue weighted by Crippen LogP contribution is 2.33. The Morgan fingerprint density at radius 1 is 1.09 bits per heavy atom. The number of benzene rings is 2. The fourth-order valence-electron chi connectivity index (χ4n) is 4.19. The van der Waals surface area contributed by atoms with Crippen LogP contribution in [-0.2, 0) is 20.8 Å².